The third kappa shape index (κ3) is 4.67. The summed E-state index contributed by atoms with van der Waals surface area (Å²) in [6.07, 6.45) is 2.24. The number of aryl methyl sites for hydroxylation is 1. The number of halogens is 1. The molecular formula is C21H25FN2O. The Labute approximate surface area is 149 Å². The van der Waals surface area contributed by atoms with E-state index in [2.05, 4.69) is 34.1 Å². The van der Waals surface area contributed by atoms with Crippen LogP contribution in [0.5, 0.6) is 0 Å². The standard InChI is InChI=1S/C21H25FN2O/c1-17(25)19-9-10-21(20(22)16-19)24-14-12-23(13-15-24)11-5-8-18-6-3-2-4-7-18/h2-4,6-7,9-10,16H,5,8,11-15H2,1H3. The zero-order chi connectivity index (χ0) is 17.6. The fourth-order valence-electron chi connectivity index (χ4n) is 3.35. The summed E-state index contributed by atoms with van der Waals surface area (Å²) in [7, 11) is 0. The molecule has 1 aliphatic heterocycles. The molecule has 1 heterocycles. The highest BCUT2D eigenvalue weighted by atomic mass is 19.1. The lowest BCUT2D eigenvalue weighted by atomic mass is 10.1. The fourth-order valence-corrected chi connectivity index (χ4v) is 3.35. The summed E-state index contributed by atoms with van der Waals surface area (Å²) in [5.41, 5.74) is 2.42. The van der Waals surface area contributed by atoms with Gasteiger partial charge in [-0.25, -0.2) is 4.39 Å². The van der Waals surface area contributed by atoms with E-state index in [4.69, 9.17) is 0 Å². The lowest BCUT2D eigenvalue weighted by Crippen LogP contribution is -2.47. The number of piperazine rings is 1. The van der Waals surface area contributed by atoms with Crippen LogP contribution < -0.4 is 4.90 Å². The lowest BCUT2D eigenvalue weighted by Gasteiger charge is -2.36. The van der Waals surface area contributed by atoms with Crippen LogP contribution >= 0.6 is 0 Å². The number of rotatable bonds is 6. The second-order valence-corrected chi connectivity index (χ2v) is 6.64. The van der Waals surface area contributed by atoms with Gasteiger partial charge in [0, 0.05) is 31.7 Å². The molecule has 132 valence electrons. The molecule has 1 fully saturated rings. The molecule has 1 aliphatic rings. The zero-order valence-electron chi connectivity index (χ0n) is 14.7. The SMILES string of the molecule is CC(=O)c1ccc(N2CCN(CCCc3ccccc3)CC2)c(F)c1. The molecule has 0 unspecified atom stereocenters. The maximum atomic E-state index is 14.3. The number of carbonyl (C=O) groups excluding carboxylic acids is 1. The van der Waals surface area contributed by atoms with Crippen molar-refractivity contribution >= 4 is 11.5 Å². The van der Waals surface area contributed by atoms with Crippen LogP contribution in [0.2, 0.25) is 0 Å². The second-order valence-electron chi connectivity index (χ2n) is 6.64. The molecule has 0 amide bonds. The summed E-state index contributed by atoms with van der Waals surface area (Å²) in [6.45, 7) is 6.08. The van der Waals surface area contributed by atoms with Crippen LogP contribution in [0.3, 0.4) is 0 Å². The number of benzene rings is 2. The first-order valence-electron chi connectivity index (χ1n) is 8.95. The zero-order valence-corrected chi connectivity index (χ0v) is 14.7. The molecule has 0 aromatic heterocycles. The van der Waals surface area contributed by atoms with Gasteiger partial charge in [0.1, 0.15) is 5.82 Å². The third-order valence-electron chi connectivity index (χ3n) is 4.85. The van der Waals surface area contributed by atoms with Gasteiger partial charge in [-0.15, -0.1) is 0 Å². The molecule has 3 rings (SSSR count). The Morgan fingerprint density at radius 3 is 2.40 bits per heavy atom. The molecule has 1 saturated heterocycles. The summed E-state index contributed by atoms with van der Waals surface area (Å²) >= 11 is 0. The quantitative estimate of drug-likeness (QED) is 0.748. The maximum Gasteiger partial charge on any atom is 0.159 e. The van der Waals surface area contributed by atoms with Crippen molar-refractivity contribution in [1.29, 1.82) is 0 Å². The minimum Gasteiger partial charge on any atom is -0.367 e. The van der Waals surface area contributed by atoms with Gasteiger partial charge in [-0.3, -0.25) is 9.69 Å². The van der Waals surface area contributed by atoms with E-state index in [-0.39, 0.29) is 11.6 Å². The van der Waals surface area contributed by atoms with E-state index in [1.54, 1.807) is 12.1 Å². The summed E-state index contributed by atoms with van der Waals surface area (Å²) in [6, 6.07) is 15.4. The largest absolute Gasteiger partial charge is 0.367 e. The Bertz CT molecular complexity index is 709. The van der Waals surface area contributed by atoms with Crippen LogP contribution in [-0.2, 0) is 6.42 Å². The van der Waals surface area contributed by atoms with Crippen molar-refractivity contribution in [3.05, 3.63) is 65.5 Å². The van der Waals surface area contributed by atoms with Gasteiger partial charge in [0.05, 0.1) is 5.69 Å². The topological polar surface area (TPSA) is 23.6 Å². The number of hydrogen-bond donors (Lipinski definition) is 0. The minimum absolute atomic E-state index is 0.103. The highest BCUT2D eigenvalue weighted by molar-refractivity contribution is 5.94. The van der Waals surface area contributed by atoms with Crippen LogP contribution in [0.15, 0.2) is 48.5 Å². The molecule has 0 N–H and O–H groups in total. The van der Waals surface area contributed by atoms with Crippen molar-refractivity contribution in [3.63, 3.8) is 0 Å². The highest BCUT2D eigenvalue weighted by Crippen LogP contribution is 2.22. The van der Waals surface area contributed by atoms with Crippen molar-refractivity contribution in [2.24, 2.45) is 0 Å². The number of anilines is 1. The van der Waals surface area contributed by atoms with Gasteiger partial charge in [-0.05, 0) is 50.1 Å². The number of nitrogens with zero attached hydrogens (tertiary/aromatic N) is 2. The van der Waals surface area contributed by atoms with Crippen LogP contribution in [0.4, 0.5) is 10.1 Å². The Hall–Kier alpha value is -2.20. The van der Waals surface area contributed by atoms with E-state index in [9.17, 15) is 9.18 Å². The molecule has 2 aromatic rings. The monoisotopic (exact) mass is 340 g/mol. The van der Waals surface area contributed by atoms with Gasteiger partial charge in [-0.2, -0.15) is 0 Å². The normalized spacial score (nSPS) is 15.4. The minimum atomic E-state index is -0.301. The smallest absolute Gasteiger partial charge is 0.159 e. The second kappa shape index (κ2) is 8.26. The van der Waals surface area contributed by atoms with Gasteiger partial charge >= 0.3 is 0 Å². The Balaban J connectivity index is 1.48. The first-order chi connectivity index (χ1) is 12.1. The van der Waals surface area contributed by atoms with Crippen LogP contribution in [0.25, 0.3) is 0 Å². The number of hydrogen-bond acceptors (Lipinski definition) is 3. The van der Waals surface area contributed by atoms with Crippen LogP contribution in [-0.4, -0.2) is 43.4 Å². The first kappa shape index (κ1) is 17.6. The molecule has 25 heavy (non-hydrogen) atoms. The summed E-state index contributed by atoms with van der Waals surface area (Å²) < 4.78 is 14.3. The number of carbonyl (C=O) groups is 1. The molecule has 0 aliphatic carbocycles. The van der Waals surface area contributed by atoms with E-state index >= 15 is 0 Å². The summed E-state index contributed by atoms with van der Waals surface area (Å²) in [4.78, 5) is 15.9. The van der Waals surface area contributed by atoms with Crippen LogP contribution in [0.1, 0.15) is 29.3 Å². The van der Waals surface area contributed by atoms with E-state index in [0.29, 0.717) is 11.3 Å². The Morgan fingerprint density at radius 2 is 1.76 bits per heavy atom. The molecule has 4 heteroatoms. The van der Waals surface area contributed by atoms with Crippen molar-refractivity contribution in [2.75, 3.05) is 37.6 Å². The molecule has 3 nitrogen and oxygen atoms in total. The first-order valence-corrected chi connectivity index (χ1v) is 8.95. The van der Waals surface area contributed by atoms with Gasteiger partial charge < -0.3 is 4.90 Å². The van der Waals surface area contributed by atoms with E-state index in [0.717, 1.165) is 45.6 Å². The average Bonchev–Trinajstić information content (AvgIpc) is 2.63. The molecule has 0 radical (unpaired) electrons. The van der Waals surface area contributed by atoms with Crippen molar-refractivity contribution in [2.45, 2.75) is 19.8 Å². The number of ketones is 1. The van der Waals surface area contributed by atoms with Crippen molar-refractivity contribution < 1.29 is 9.18 Å². The predicted octanol–water partition coefficient (Wildman–Crippen LogP) is 3.78. The molecule has 0 spiro atoms. The van der Waals surface area contributed by atoms with Gasteiger partial charge in [0.2, 0.25) is 0 Å². The Morgan fingerprint density at radius 1 is 1.04 bits per heavy atom. The average molecular weight is 340 g/mol. The van der Waals surface area contributed by atoms with Gasteiger partial charge in [-0.1, -0.05) is 30.3 Å². The highest BCUT2D eigenvalue weighted by Gasteiger charge is 2.19. The van der Waals surface area contributed by atoms with Gasteiger partial charge in [0.25, 0.3) is 0 Å². The maximum absolute atomic E-state index is 14.3. The molecular weight excluding hydrogens is 315 g/mol. The van der Waals surface area contributed by atoms with Crippen molar-refractivity contribution in [3.8, 4) is 0 Å². The molecule has 2 aromatic carbocycles. The molecule has 0 atom stereocenters. The van der Waals surface area contributed by atoms with Gasteiger partial charge in [0.15, 0.2) is 5.78 Å². The lowest BCUT2D eigenvalue weighted by molar-refractivity contribution is 0.101. The van der Waals surface area contributed by atoms with E-state index in [1.807, 2.05) is 6.07 Å². The fraction of sp³-hybridized carbons (Fsp3) is 0.381. The molecule has 0 saturated carbocycles. The van der Waals surface area contributed by atoms with Crippen molar-refractivity contribution in [1.82, 2.24) is 4.90 Å². The summed E-state index contributed by atoms with van der Waals surface area (Å²) in [5, 5.41) is 0. The van der Waals surface area contributed by atoms with E-state index in [1.165, 1.54) is 18.6 Å². The summed E-state index contributed by atoms with van der Waals surface area (Å²) in [5.74, 6) is -0.404. The Kier molecular flexibility index (Phi) is 5.82. The third-order valence-corrected chi connectivity index (χ3v) is 4.85. The van der Waals surface area contributed by atoms with Crippen LogP contribution in [0, 0.1) is 5.82 Å². The predicted molar refractivity (Wildman–Crippen MR) is 99.8 cm³/mol. The number of Topliss-reactive ketones (excluding diaryl/α,β-unsaturated/α-hetero) is 1. The van der Waals surface area contributed by atoms with E-state index < -0.39 is 0 Å². The molecule has 0 bridgehead atoms.